The Balaban J connectivity index is 1.69. The van der Waals surface area contributed by atoms with Crippen molar-refractivity contribution >= 4 is 17.3 Å². The van der Waals surface area contributed by atoms with Crippen molar-refractivity contribution in [3.05, 3.63) is 71.8 Å². The Morgan fingerprint density at radius 3 is 2.30 bits per heavy atom. The Morgan fingerprint density at radius 2 is 1.57 bits per heavy atom. The molecule has 0 saturated carbocycles. The maximum absolute atomic E-state index is 4.28. The van der Waals surface area contributed by atoms with Crippen molar-refractivity contribution in [2.24, 2.45) is 0 Å². The van der Waals surface area contributed by atoms with Crippen LogP contribution in [0.5, 0.6) is 0 Å². The minimum atomic E-state index is 0.697. The highest BCUT2D eigenvalue weighted by Gasteiger charge is 2.01. The van der Waals surface area contributed by atoms with Gasteiger partial charge in [-0.25, -0.2) is 9.97 Å². The summed E-state index contributed by atoms with van der Waals surface area (Å²) in [7, 11) is 0. The lowest BCUT2D eigenvalue weighted by atomic mass is 10.1. The standard InChI is InChI=1S/C18H19N5/c1-13-7-14(2)9-16(8-13)23-18-10-17(21-12-22-18)20-11-15-3-5-19-6-4-15/h3-10,12H,11H2,1-2H3,(H2,20,21,22,23). The van der Waals surface area contributed by atoms with Crippen LogP contribution in [0.15, 0.2) is 55.1 Å². The first-order valence-electron chi connectivity index (χ1n) is 7.49. The van der Waals surface area contributed by atoms with Crippen LogP contribution in [0.4, 0.5) is 17.3 Å². The van der Waals surface area contributed by atoms with Gasteiger partial charge in [-0.2, -0.15) is 0 Å². The molecule has 2 heterocycles. The fourth-order valence-corrected chi connectivity index (χ4v) is 2.41. The van der Waals surface area contributed by atoms with Gasteiger partial charge in [0.25, 0.3) is 0 Å². The molecule has 2 N–H and O–H groups in total. The smallest absolute Gasteiger partial charge is 0.135 e. The van der Waals surface area contributed by atoms with E-state index in [1.54, 1.807) is 18.7 Å². The molecule has 0 aliphatic rings. The van der Waals surface area contributed by atoms with E-state index in [0.29, 0.717) is 6.54 Å². The Kier molecular flexibility index (Phi) is 4.47. The van der Waals surface area contributed by atoms with Gasteiger partial charge >= 0.3 is 0 Å². The van der Waals surface area contributed by atoms with E-state index in [9.17, 15) is 0 Å². The molecule has 0 radical (unpaired) electrons. The van der Waals surface area contributed by atoms with Crippen LogP contribution < -0.4 is 10.6 Å². The molecule has 23 heavy (non-hydrogen) atoms. The van der Waals surface area contributed by atoms with Crippen LogP contribution in [0, 0.1) is 13.8 Å². The highest BCUT2D eigenvalue weighted by atomic mass is 15.1. The molecule has 3 aromatic rings. The van der Waals surface area contributed by atoms with Gasteiger partial charge < -0.3 is 10.6 Å². The van der Waals surface area contributed by atoms with Crippen molar-refractivity contribution in [3.8, 4) is 0 Å². The van der Waals surface area contributed by atoms with Gasteiger partial charge in [-0.3, -0.25) is 4.98 Å². The van der Waals surface area contributed by atoms with E-state index in [0.717, 1.165) is 22.9 Å². The molecule has 0 spiro atoms. The van der Waals surface area contributed by atoms with Crippen LogP contribution in [-0.2, 0) is 6.54 Å². The minimum Gasteiger partial charge on any atom is -0.366 e. The highest BCUT2D eigenvalue weighted by molar-refractivity contribution is 5.60. The lowest BCUT2D eigenvalue weighted by molar-refractivity contribution is 1.07. The Morgan fingerprint density at radius 1 is 0.870 bits per heavy atom. The Bertz CT molecular complexity index is 766. The molecule has 1 aromatic carbocycles. The summed E-state index contributed by atoms with van der Waals surface area (Å²) in [6.45, 7) is 4.86. The SMILES string of the molecule is Cc1cc(C)cc(Nc2cc(NCc3ccncc3)ncn2)c1. The molecule has 116 valence electrons. The fourth-order valence-electron chi connectivity index (χ4n) is 2.41. The van der Waals surface area contributed by atoms with Crippen LogP contribution >= 0.6 is 0 Å². The first-order chi connectivity index (χ1) is 11.2. The normalized spacial score (nSPS) is 10.3. The summed E-state index contributed by atoms with van der Waals surface area (Å²) in [5, 5.41) is 6.61. The molecule has 0 atom stereocenters. The predicted molar refractivity (Wildman–Crippen MR) is 92.8 cm³/mol. The third-order valence-corrected chi connectivity index (χ3v) is 3.38. The zero-order valence-corrected chi connectivity index (χ0v) is 13.2. The van der Waals surface area contributed by atoms with Crippen molar-refractivity contribution in [2.45, 2.75) is 20.4 Å². The van der Waals surface area contributed by atoms with Crippen molar-refractivity contribution < 1.29 is 0 Å². The maximum Gasteiger partial charge on any atom is 0.135 e. The van der Waals surface area contributed by atoms with Gasteiger partial charge in [-0.15, -0.1) is 0 Å². The van der Waals surface area contributed by atoms with E-state index in [-0.39, 0.29) is 0 Å². The molecule has 0 unspecified atom stereocenters. The first-order valence-corrected chi connectivity index (χ1v) is 7.49. The summed E-state index contributed by atoms with van der Waals surface area (Å²) < 4.78 is 0. The Hall–Kier alpha value is -2.95. The molecular weight excluding hydrogens is 286 g/mol. The summed E-state index contributed by atoms with van der Waals surface area (Å²) >= 11 is 0. The third kappa shape index (κ3) is 4.26. The van der Waals surface area contributed by atoms with Gasteiger partial charge in [0.05, 0.1) is 0 Å². The van der Waals surface area contributed by atoms with E-state index in [1.807, 2.05) is 18.2 Å². The minimum absolute atomic E-state index is 0.697. The average Bonchev–Trinajstić information content (AvgIpc) is 2.53. The lowest BCUT2D eigenvalue weighted by Gasteiger charge is -2.10. The van der Waals surface area contributed by atoms with Gasteiger partial charge in [-0.05, 0) is 54.8 Å². The number of rotatable bonds is 5. The summed E-state index contributed by atoms with van der Waals surface area (Å²) in [5.74, 6) is 1.55. The highest BCUT2D eigenvalue weighted by Crippen LogP contribution is 2.19. The van der Waals surface area contributed by atoms with Gasteiger partial charge in [-0.1, -0.05) is 6.07 Å². The van der Waals surface area contributed by atoms with E-state index >= 15 is 0 Å². The monoisotopic (exact) mass is 305 g/mol. The van der Waals surface area contributed by atoms with Crippen LogP contribution in [0.25, 0.3) is 0 Å². The molecule has 0 bridgehead atoms. The van der Waals surface area contributed by atoms with Crippen molar-refractivity contribution in [3.63, 3.8) is 0 Å². The van der Waals surface area contributed by atoms with Gasteiger partial charge in [0.1, 0.15) is 18.0 Å². The topological polar surface area (TPSA) is 62.7 Å². The maximum atomic E-state index is 4.28. The summed E-state index contributed by atoms with van der Waals surface area (Å²) in [6, 6.07) is 12.2. The molecular formula is C18H19N5. The first kappa shape index (κ1) is 15.0. The predicted octanol–water partition coefficient (Wildman–Crippen LogP) is 3.84. The van der Waals surface area contributed by atoms with Crippen molar-refractivity contribution in [1.82, 2.24) is 15.0 Å². The second-order valence-corrected chi connectivity index (χ2v) is 5.50. The zero-order valence-electron chi connectivity index (χ0n) is 13.2. The summed E-state index contributed by atoms with van der Waals surface area (Å²) in [4.78, 5) is 12.5. The molecule has 0 amide bonds. The largest absolute Gasteiger partial charge is 0.366 e. The zero-order chi connectivity index (χ0) is 16.1. The van der Waals surface area contributed by atoms with E-state index in [4.69, 9.17) is 0 Å². The summed E-state index contributed by atoms with van der Waals surface area (Å²) in [5.41, 5.74) is 4.62. The number of nitrogens with one attached hydrogen (secondary N) is 2. The van der Waals surface area contributed by atoms with Crippen molar-refractivity contribution in [2.75, 3.05) is 10.6 Å². The molecule has 0 aliphatic heterocycles. The molecule has 0 saturated heterocycles. The quantitative estimate of drug-likeness (QED) is 0.750. The molecule has 2 aromatic heterocycles. The van der Waals surface area contributed by atoms with Crippen molar-refractivity contribution in [1.29, 1.82) is 0 Å². The number of aromatic nitrogens is 3. The molecule has 5 nitrogen and oxygen atoms in total. The second kappa shape index (κ2) is 6.87. The third-order valence-electron chi connectivity index (χ3n) is 3.38. The van der Waals surface area contributed by atoms with Gasteiger partial charge in [0.15, 0.2) is 0 Å². The molecule has 0 fully saturated rings. The number of aryl methyl sites for hydroxylation is 2. The van der Waals surface area contributed by atoms with Gasteiger partial charge in [0.2, 0.25) is 0 Å². The van der Waals surface area contributed by atoms with Crippen LogP contribution in [0.3, 0.4) is 0 Å². The lowest BCUT2D eigenvalue weighted by Crippen LogP contribution is -2.03. The number of hydrogen-bond acceptors (Lipinski definition) is 5. The van der Waals surface area contributed by atoms with E-state index in [1.165, 1.54) is 11.1 Å². The number of benzene rings is 1. The van der Waals surface area contributed by atoms with E-state index < -0.39 is 0 Å². The number of hydrogen-bond donors (Lipinski definition) is 2. The number of nitrogens with zero attached hydrogens (tertiary/aromatic N) is 3. The van der Waals surface area contributed by atoms with E-state index in [2.05, 4.69) is 57.6 Å². The van der Waals surface area contributed by atoms with Crippen LogP contribution in [-0.4, -0.2) is 15.0 Å². The van der Waals surface area contributed by atoms with Crippen LogP contribution in [0.2, 0.25) is 0 Å². The number of pyridine rings is 1. The second-order valence-electron chi connectivity index (χ2n) is 5.50. The average molecular weight is 305 g/mol. The molecule has 3 rings (SSSR count). The Labute approximate surface area is 135 Å². The fraction of sp³-hybridized carbons (Fsp3) is 0.167. The summed E-state index contributed by atoms with van der Waals surface area (Å²) in [6.07, 6.45) is 5.12. The molecule has 5 heteroatoms. The van der Waals surface area contributed by atoms with Crippen LogP contribution in [0.1, 0.15) is 16.7 Å². The number of anilines is 3. The molecule has 0 aliphatic carbocycles. The van der Waals surface area contributed by atoms with Gasteiger partial charge in [0, 0.05) is 30.7 Å².